The second-order valence-electron chi connectivity index (χ2n) is 5.72. The minimum atomic E-state index is -3.63. The number of hydrogen-bond donors (Lipinski definition) is 2. The summed E-state index contributed by atoms with van der Waals surface area (Å²) in [4.78, 5) is 13.8. The van der Waals surface area contributed by atoms with Crippen LogP contribution in [-0.4, -0.2) is 39.9 Å². The van der Waals surface area contributed by atoms with E-state index in [0.29, 0.717) is 25.2 Å². The molecule has 0 spiro atoms. The van der Waals surface area contributed by atoms with Crippen LogP contribution in [-0.2, 0) is 21.4 Å². The summed E-state index contributed by atoms with van der Waals surface area (Å²) in [6, 6.07) is 15.3. The van der Waals surface area contributed by atoms with E-state index in [1.54, 1.807) is 67.5 Å². The molecular formula is C18H24ClN3O3S. The van der Waals surface area contributed by atoms with Gasteiger partial charge in [-0.1, -0.05) is 30.3 Å². The number of rotatable bonds is 8. The van der Waals surface area contributed by atoms with Gasteiger partial charge in [0.15, 0.2) is 0 Å². The molecule has 0 saturated heterocycles. The number of sulfonamides is 1. The summed E-state index contributed by atoms with van der Waals surface area (Å²) < 4.78 is 27.3. The molecule has 0 atom stereocenters. The molecule has 2 aromatic rings. The van der Waals surface area contributed by atoms with Gasteiger partial charge >= 0.3 is 0 Å². The molecule has 1 amide bonds. The standard InChI is InChI=1S/C18H23N3O3S.ClH/c1-19-12-11-18(22)21(2)14-15-7-6-8-16(13-15)20-25(23,24)17-9-4-3-5-10-17;/h3-10,13,19-20H,11-12,14H2,1-2H3;1H. The molecule has 2 N–H and O–H groups in total. The first-order chi connectivity index (χ1) is 11.9. The van der Waals surface area contributed by atoms with Crippen LogP contribution in [0.4, 0.5) is 5.69 Å². The van der Waals surface area contributed by atoms with Crippen LogP contribution in [0.1, 0.15) is 12.0 Å². The molecule has 0 unspecified atom stereocenters. The van der Waals surface area contributed by atoms with Gasteiger partial charge in [-0.15, -0.1) is 12.4 Å². The van der Waals surface area contributed by atoms with Crippen LogP contribution in [0.5, 0.6) is 0 Å². The van der Waals surface area contributed by atoms with Crippen molar-refractivity contribution in [3.8, 4) is 0 Å². The van der Waals surface area contributed by atoms with Crippen LogP contribution >= 0.6 is 12.4 Å². The van der Waals surface area contributed by atoms with Crippen molar-refractivity contribution in [2.45, 2.75) is 17.9 Å². The maximum Gasteiger partial charge on any atom is 0.261 e. The molecule has 0 aromatic heterocycles. The molecule has 0 saturated carbocycles. The normalized spacial score (nSPS) is 10.7. The van der Waals surface area contributed by atoms with Gasteiger partial charge in [0, 0.05) is 32.2 Å². The Morgan fingerprint density at radius 2 is 1.77 bits per heavy atom. The van der Waals surface area contributed by atoms with E-state index in [2.05, 4.69) is 10.0 Å². The molecule has 0 aliphatic heterocycles. The van der Waals surface area contributed by atoms with Crippen LogP contribution in [0.3, 0.4) is 0 Å². The van der Waals surface area contributed by atoms with Crippen molar-refractivity contribution >= 4 is 34.0 Å². The van der Waals surface area contributed by atoms with Crippen molar-refractivity contribution in [2.75, 3.05) is 25.4 Å². The fourth-order valence-corrected chi connectivity index (χ4v) is 3.40. The molecule has 8 heteroatoms. The first-order valence-corrected chi connectivity index (χ1v) is 9.46. The SMILES string of the molecule is CNCCC(=O)N(C)Cc1cccc(NS(=O)(=O)c2ccccc2)c1.Cl. The monoisotopic (exact) mass is 397 g/mol. The van der Waals surface area contributed by atoms with Crippen LogP contribution in [0.25, 0.3) is 0 Å². The van der Waals surface area contributed by atoms with E-state index in [4.69, 9.17) is 0 Å². The third-order valence-electron chi connectivity index (χ3n) is 3.67. The lowest BCUT2D eigenvalue weighted by atomic mass is 10.2. The molecule has 0 bridgehead atoms. The van der Waals surface area contributed by atoms with Crippen LogP contribution in [0.2, 0.25) is 0 Å². The number of carbonyl (C=O) groups excluding carboxylic acids is 1. The summed E-state index contributed by atoms with van der Waals surface area (Å²) in [5.74, 6) is 0.0321. The Hall–Kier alpha value is -2.09. The highest BCUT2D eigenvalue weighted by Gasteiger charge is 2.14. The minimum Gasteiger partial charge on any atom is -0.341 e. The van der Waals surface area contributed by atoms with Crippen molar-refractivity contribution in [1.82, 2.24) is 10.2 Å². The van der Waals surface area contributed by atoms with Gasteiger partial charge in [0.1, 0.15) is 0 Å². The Kier molecular flexibility index (Phi) is 8.57. The van der Waals surface area contributed by atoms with Gasteiger partial charge in [-0.05, 0) is 36.9 Å². The summed E-state index contributed by atoms with van der Waals surface area (Å²) in [7, 11) is -0.0896. The molecule has 26 heavy (non-hydrogen) atoms. The highest BCUT2D eigenvalue weighted by atomic mass is 35.5. The quantitative estimate of drug-likeness (QED) is 0.717. The van der Waals surface area contributed by atoms with Gasteiger partial charge in [0.25, 0.3) is 10.0 Å². The molecule has 0 heterocycles. The van der Waals surface area contributed by atoms with Gasteiger partial charge in [-0.2, -0.15) is 0 Å². The van der Waals surface area contributed by atoms with Crippen molar-refractivity contribution in [2.24, 2.45) is 0 Å². The van der Waals surface area contributed by atoms with E-state index in [9.17, 15) is 13.2 Å². The zero-order valence-electron chi connectivity index (χ0n) is 14.8. The maximum atomic E-state index is 12.4. The minimum absolute atomic E-state index is 0. The third kappa shape index (κ3) is 6.33. The van der Waals surface area contributed by atoms with E-state index >= 15 is 0 Å². The highest BCUT2D eigenvalue weighted by Crippen LogP contribution is 2.18. The molecule has 2 aromatic carbocycles. The molecule has 0 fully saturated rings. The van der Waals surface area contributed by atoms with E-state index in [0.717, 1.165) is 5.56 Å². The van der Waals surface area contributed by atoms with Gasteiger partial charge in [-0.25, -0.2) is 8.42 Å². The summed E-state index contributed by atoms with van der Waals surface area (Å²) in [6.07, 6.45) is 0.424. The number of halogens is 1. The smallest absolute Gasteiger partial charge is 0.261 e. The number of nitrogens with one attached hydrogen (secondary N) is 2. The number of anilines is 1. The highest BCUT2D eigenvalue weighted by molar-refractivity contribution is 7.92. The van der Waals surface area contributed by atoms with Crippen LogP contribution in [0.15, 0.2) is 59.5 Å². The molecule has 2 rings (SSSR count). The second-order valence-corrected chi connectivity index (χ2v) is 7.40. The van der Waals surface area contributed by atoms with Crippen molar-refractivity contribution in [3.63, 3.8) is 0 Å². The summed E-state index contributed by atoms with van der Waals surface area (Å²) in [6.45, 7) is 1.05. The average molecular weight is 398 g/mol. The molecular weight excluding hydrogens is 374 g/mol. The predicted molar refractivity (Wildman–Crippen MR) is 106 cm³/mol. The lowest BCUT2D eigenvalue weighted by molar-refractivity contribution is -0.130. The van der Waals surface area contributed by atoms with E-state index in [-0.39, 0.29) is 23.2 Å². The Morgan fingerprint density at radius 1 is 1.08 bits per heavy atom. The van der Waals surface area contributed by atoms with Crippen molar-refractivity contribution in [3.05, 3.63) is 60.2 Å². The Bertz CT molecular complexity index is 813. The molecule has 0 radical (unpaired) electrons. The van der Waals surface area contributed by atoms with Gasteiger partial charge in [0.05, 0.1) is 4.90 Å². The number of amides is 1. The fraction of sp³-hybridized carbons (Fsp3) is 0.278. The number of benzene rings is 2. The molecule has 0 aliphatic carbocycles. The number of nitrogens with zero attached hydrogens (tertiary/aromatic N) is 1. The third-order valence-corrected chi connectivity index (χ3v) is 5.06. The van der Waals surface area contributed by atoms with Gasteiger partial charge in [-0.3, -0.25) is 9.52 Å². The van der Waals surface area contributed by atoms with E-state index in [1.165, 1.54) is 0 Å². The molecule has 0 aliphatic rings. The van der Waals surface area contributed by atoms with Crippen LogP contribution in [0, 0.1) is 0 Å². The summed E-state index contributed by atoms with van der Waals surface area (Å²) >= 11 is 0. The Morgan fingerprint density at radius 3 is 2.42 bits per heavy atom. The maximum absolute atomic E-state index is 12.4. The summed E-state index contributed by atoms with van der Waals surface area (Å²) in [5.41, 5.74) is 1.32. The van der Waals surface area contributed by atoms with E-state index < -0.39 is 10.0 Å². The zero-order chi connectivity index (χ0) is 18.3. The molecule has 6 nitrogen and oxygen atoms in total. The lowest BCUT2D eigenvalue weighted by Gasteiger charge is -2.18. The zero-order valence-corrected chi connectivity index (χ0v) is 16.4. The summed E-state index contributed by atoms with van der Waals surface area (Å²) in [5, 5.41) is 2.94. The van der Waals surface area contributed by atoms with Crippen LogP contribution < -0.4 is 10.0 Å². The predicted octanol–water partition coefficient (Wildman–Crippen LogP) is 2.48. The fourth-order valence-electron chi connectivity index (χ4n) is 2.33. The molecule has 142 valence electrons. The number of hydrogen-bond acceptors (Lipinski definition) is 4. The first kappa shape index (κ1) is 22.0. The van der Waals surface area contributed by atoms with Crippen molar-refractivity contribution in [1.29, 1.82) is 0 Å². The Balaban J connectivity index is 0.00000338. The topological polar surface area (TPSA) is 78.5 Å². The first-order valence-electron chi connectivity index (χ1n) is 7.98. The van der Waals surface area contributed by atoms with Gasteiger partial charge in [0.2, 0.25) is 5.91 Å². The van der Waals surface area contributed by atoms with E-state index in [1.807, 2.05) is 6.07 Å². The number of carbonyl (C=O) groups is 1. The Labute approximate surface area is 161 Å². The average Bonchev–Trinajstić information content (AvgIpc) is 2.60. The lowest BCUT2D eigenvalue weighted by Crippen LogP contribution is -2.28. The van der Waals surface area contributed by atoms with Gasteiger partial charge < -0.3 is 10.2 Å². The van der Waals surface area contributed by atoms with Crippen molar-refractivity contribution < 1.29 is 13.2 Å². The largest absolute Gasteiger partial charge is 0.341 e. The second kappa shape index (κ2) is 10.2.